The molecular weight excluding hydrogens is 337 g/mol. The maximum absolute atomic E-state index is 13.0. The molecule has 26 heavy (non-hydrogen) atoms. The molecular formula is C19H16FN3O3. The number of nitrogens with one attached hydrogen (secondary N) is 1. The molecule has 0 saturated heterocycles. The molecule has 3 rings (SSSR count). The van der Waals surface area contributed by atoms with Gasteiger partial charge in [-0.05, 0) is 35.9 Å². The minimum Gasteiger partial charge on any atom is -0.497 e. The predicted molar refractivity (Wildman–Crippen MR) is 94.9 cm³/mol. The van der Waals surface area contributed by atoms with Crippen LogP contribution in [0.3, 0.4) is 0 Å². The molecule has 0 fully saturated rings. The van der Waals surface area contributed by atoms with E-state index in [0.29, 0.717) is 17.0 Å². The summed E-state index contributed by atoms with van der Waals surface area (Å²) in [5.41, 5.74) is 0.987. The lowest BCUT2D eigenvalue weighted by atomic mass is 10.2. The number of hydrogen-bond acceptors (Lipinski definition) is 4. The summed E-state index contributed by atoms with van der Waals surface area (Å²) in [6, 6.07) is 15.3. The normalized spacial score (nSPS) is 10.4. The van der Waals surface area contributed by atoms with Gasteiger partial charge in [-0.25, -0.2) is 9.07 Å². The van der Waals surface area contributed by atoms with Gasteiger partial charge in [0, 0.05) is 17.8 Å². The number of amides is 1. The van der Waals surface area contributed by atoms with Gasteiger partial charge in [0.05, 0.1) is 13.7 Å². The van der Waals surface area contributed by atoms with Crippen molar-refractivity contribution in [3.05, 3.63) is 88.1 Å². The Labute approximate surface area is 148 Å². The van der Waals surface area contributed by atoms with Crippen LogP contribution in [0.4, 0.5) is 10.1 Å². The number of anilines is 1. The minimum atomic E-state index is -0.453. The highest BCUT2D eigenvalue weighted by Gasteiger charge is 2.11. The third kappa shape index (κ3) is 4.13. The van der Waals surface area contributed by atoms with Gasteiger partial charge >= 0.3 is 0 Å². The Hall–Kier alpha value is -3.48. The standard InChI is InChI=1S/C19H16FN3O3/c1-26-16-4-2-3-15(11-16)21-19(25)17-9-10-18(24)23(22-17)12-13-5-7-14(20)8-6-13/h2-11H,12H2,1H3,(H,21,25). The first-order valence-corrected chi connectivity index (χ1v) is 7.83. The van der Waals surface area contributed by atoms with Crippen molar-refractivity contribution < 1.29 is 13.9 Å². The van der Waals surface area contributed by atoms with Crippen LogP contribution in [-0.4, -0.2) is 22.8 Å². The lowest BCUT2D eigenvalue weighted by Crippen LogP contribution is -2.26. The molecule has 7 heteroatoms. The fourth-order valence-electron chi connectivity index (χ4n) is 2.34. The molecule has 0 aliphatic carbocycles. The molecule has 1 N–H and O–H groups in total. The average Bonchev–Trinajstić information content (AvgIpc) is 2.65. The number of hydrogen-bond donors (Lipinski definition) is 1. The molecule has 1 aromatic heterocycles. The lowest BCUT2D eigenvalue weighted by molar-refractivity contribution is 0.102. The van der Waals surface area contributed by atoms with Gasteiger partial charge in [0.25, 0.3) is 11.5 Å². The fraction of sp³-hybridized carbons (Fsp3) is 0.105. The van der Waals surface area contributed by atoms with Crippen molar-refractivity contribution in [3.63, 3.8) is 0 Å². The van der Waals surface area contributed by atoms with Crippen molar-refractivity contribution >= 4 is 11.6 Å². The van der Waals surface area contributed by atoms with E-state index >= 15 is 0 Å². The minimum absolute atomic E-state index is 0.0922. The molecule has 132 valence electrons. The van der Waals surface area contributed by atoms with Crippen LogP contribution in [0.1, 0.15) is 16.1 Å². The van der Waals surface area contributed by atoms with E-state index in [2.05, 4.69) is 10.4 Å². The van der Waals surface area contributed by atoms with Crippen molar-refractivity contribution in [3.8, 4) is 5.75 Å². The summed E-state index contributed by atoms with van der Waals surface area (Å²) in [7, 11) is 1.54. The molecule has 0 unspecified atom stereocenters. The number of carbonyl (C=O) groups is 1. The second-order valence-corrected chi connectivity index (χ2v) is 5.53. The first-order chi connectivity index (χ1) is 12.5. The SMILES string of the molecule is COc1cccc(NC(=O)c2ccc(=O)n(Cc3ccc(F)cc3)n2)c1. The monoisotopic (exact) mass is 353 g/mol. The molecule has 3 aromatic rings. The Bertz CT molecular complexity index is 984. The van der Waals surface area contributed by atoms with E-state index in [1.165, 1.54) is 31.4 Å². The van der Waals surface area contributed by atoms with Gasteiger partial charge in [-0.2, -0.15) is 5.10 Å². The largest absolute Gasteiger partial charge is 0.497 e. The Morgan fingerprint density at radius 1 is 1.15 bits per heavy atom. The highest BCUT2D eigenvalue weighted by molar-refractivity contribution is 6.02. The van der Waals surface area contributed by atoms with Crippen molar-refractivity contribution in [1.29, 1.82) is 0 Å². The fourth-order valence-corrected chi connectivity index (χ4v) is 2.34. The Morgan fingerprint density at radius 2 is 1.92 bits per heavy atom. The number of ether oxygens (including phenoxy) is 1. The molecule has 2 aromatic carbocycles. The van der Waals surface area contributed by atoms with Crippen LogP contribution < -0.4 is 15.6 Å². The van der Waals surface area contributed by atoms with E-state index in [1.807, 2.05) is 0 Å². The molecule has 0 saturated carbocycles. The third-order valence-corrected chi connectivity index (χ3v) is 3.67. The first kappa shape index (κ1) is 17.3. The molecule has 0 aliphatic rings. The van der Waals surface area contributed by atoms with Crippen LogP contribution in [-0.2, 0) is 6.54 Å². The van der Waals surface area contributed by atoms with Gasteiger partial charge in [0.2, 0.25) is 0 Å². The number of carbonyl (C=O) groups excluding carboxylic acids is 1. The molecule has 0 bridgehead atoms. The quantitative estimate of drug-likeness (QED) is 0.765. The van der Waals surface area contributed by atoms with E-state index in [-0.39, 0.29) is 23.6 Å². The first-order valence-electron chi connectivity index (χ1n) is 7.83. The van der Waals surface area contributed by atoms with Gasteiger partial charge < -0.3 is 10.1 Å². The third-order valence-electron chi connectivity index (χ3n) is 3.67. The number of nitrogens with zero attached hydrogens (tertiary/aromatic N) is 2. The molecule has 0 atom stereocenters. The van der Waals surface area contributed by atoms with E-state index < -0.39 is 5.91 Å². The summed E-state index contributed by atoms with van der Waals surface area (Å²) in [6.45, 7) is 0.138. The van der Waals surface area contributed by atoms with Crippen LogP contribution in [0.2, 0.25) is 0 Å². The molecule has 0 spiro atoms. The Kier molecular flexibility index (Phi) is 5.07. The topological polar surface area (TPSA) is 73.2 Å². The zero-order chi connectivity index (χ0) is 18.5. The summed E-state index contributed by atoms with van der Waals surface area (Å²) < 4.78 is 19.3. The molecule has 1 heterocycles. The van der Waals surface area contributed by atoms with E-state index in [0.717, 1.165) is 4.68 Å². The zero-order valence-electron chi connectivity index (χ0n) is 14.0. The van der Waals surface area contributed by atoms with Crippen LogP contribution in [0, 0.1) is 5.82 Å². The van der Waals surface area contributed by atoms with Crippen LogP contribution >= 0.6 is 0 Å². The number of halogens is 1. The Balaban J connectivity index is 1.80. The van der Waals surface area contributed by atoms with Crippen molar-refractivity contribution in [2.75, 3.05) is 12.4 Å². The zero-order valence-corrected chi connectivity index (χ0v) is 14.0. The molecule has 0 aliphatic heterocycles. The van der Waals surface area contributed by atoms with E-state index in [9.17, 15) is 14.0 Å². The van der Waals surface area contributed by atoms with Gasteiger partial charge in [0.15, 0.2) is 0 Å². The summed E-state index contributed by atoms with van der Waals surface area (Å²) in [6.07, 6.45) is 0. The van der Waals surface area contributed by atoms with Crippen molar-refractivity contribution in [2.45, 2.75) is 6.54 Å². The molecule has 1 amide bonds. The summed E-state index contributed by atoms with van der Waals surface area (Å²) >= 11 is 0. The van der Waals surface area contributed by atoms with E-state index in [1.54, 1.807) is 36.4 Å². The molecule has 6 nitrogen and oxygen atoms in total. The smallest absolute Gasteiger partial charge is 0.276 e. The average molecular weight is 353 g/mol. The van der Waals surface area contributed by atoms with Crippen molar-refractivity contribution in [2.24, 2.45) is 0 Å². The predicted octanol–water partition coefficient (Wildman–Crippen LogP) is 2.69. The number of benzene rings is 2. The molecule has 0 radical (unpaired) electrons. The van der Waals surface area contributed by atoms with E-state index in [4.69, 9.17) is 4.74 Å². The second-order valence-electron chi connectivity index (χ2n) is 5.53. The maximum atomic E-state index is 13.0. The second kappa shape index (κ2) is 7.60. The van der Waals surface area contributed by atoms with Gasteiger partial charge in [-0.15, -0.1) is 0 Å². The van der Waals surface area contributed by atoms with Gasteiger partial charge in [-0.3, -0.25) is 9.59 Å². The highest BCUT2D eigenvalue weighted by atomic mass is 19.1. The highest BCUT2D eigenvalue weighted by Crippen LogP contribution is 2.17. The lowest BCUT2D eigenvalue weighted by Gasteiger charge is -2.09. The van der Waals surface area contributed by atoms with Crippen LogP contribution in [0.25, 0.3) is 0 Å². The maximum Gasteiger partial charge on any atom is 0.276 e. The Morgan fingerprint density at radius 3 is 2.65 bits per heavy atom. The van der Waals surface area contributed by atoms with Gasteiger partial charge in [-0.1, -0.05) is 18.2 Å². The van der Waals surface area contributed by atoms with Crippen LogP contribution in [0.5, 0.6) is 5.75 Å². The number of rotatable bonds is 5. The van der Waals surface area contributed by atoms with Crippen molar-refractivity contribution in [1.82, 2.24) is 9.78 Å². The van der Waals surface area contributed by atoms with Crippen LogP contribution in [0.15, 0.2) is 65.5 Å². The summed E-state index contributed by atoms with van der Waals surface area (Å²) in [5.74, 6) is -0.205. The number of aromatic nitrogens is 2. The number of methoxy groups -OCH3 is 1. The summed E-state index contributed by atoms with van der Waals surface area (Å²) in [4.78, 5) is 24.4. The van der Waals surface area contributed by atoms with Gasteiger partial charge in [0.1, 0.15) is 17.3 Å². The summed E-state index contributed by atoms with van der Waals surface area (Å²) in [5, 5.41) is 6.80.